The number of nitrogens with zero attached hydrogens (tertiary/aromatic N) is 3. The van der Waals surface area contributed by atoms with Crippen molar-refractivity contribution in [2.24, 2.45) is 0 Å². The maximum atomic E-state index is 12.7. The molecule has 0 bridgehead atoms. The first-order chi connectivity index (χ1) is 15.2. The average Bonchev–Trinajstić information content (AvgIpc) is 2.78. The van der Waals surface area contributed by atoms with Crippen molar-refractivity contribution in [3.63, 3.8) is 0 Å². The number of rotatable bonds is 8. The SMILES string of the molecule is COc1cc(NS(=O)(=O)c2ccc(NC(=O)c3ccc(N(C)C)cc3)cc2)nc(OC)n1. The number of ether oxygens (including phenoxy) is 2. The van der Waals surface area contributed by atoms with Crippen LogP contribution in [0.5, 0.6) is 11.9 Å². The van der Waals surface area contributed by atoms with E-state index >= 15 is 0 Å². The van der Waals surface area contributed by atoms with Crippen molar-refractivity contribution >= 4 is 33.1 Å². The number of amides is 1. The molecular weight excluding hydrogens is 434 g/mol. The van der Waals surface area contributed by atoms with Crippen molar-refractivity contribution in [3.8, 4) is 11.9 Å². The number of sulfonamides is 1. The Hall–Kier alpha value is -3.86. The molecule has 0 saturated carbocycles. The Bertz CT molecular complexity index is 1170. The number of aromatic nitrogens is 2. The summed E-state index contributed by atoms with van der Waals surface area (Å²) in [4.78, 5) is 22.2. The van der Waals surface area contributed by atoms with Crippen LogP contribution in [0.3, 0.4) is 0 Å². The number of benzene rings is 2. The van der Waals surface area contributed by atoms with Crippen LogP contribution in [-0.4, -0.2) is 52.6 Å². The van der Waals surface area contributed by atoms with E-state index in [1.807, 2.05) is 31.1 Å². The largest absolute Gasteiger partial charge is 0.481 e. The van der Waals surface area contributed by atoms with Crippen LogP contribution in [0.1, 0.15) is 10.4 Å². The summed E-state index contributed by atoms with van der Waals surface area (Å²) >= 11 is 0. The third kappa shape index (κ3) is 5.43. The molecule has 0 unspecified atom stereocenters. The maximum Gasteiger partial charge on any atom is 0.321 e. The van der Waals surface area contributed by atoms with Gasteiger partial charge in [0, 0.05) is 37.1 Å². The van der Waals surface area contributed by atoms with E-state index in [2.05, 4.69) is 20.0 Å². The Morgan fingerprint density at radius 3 is 2.16 bits per heavy atom. The summed E-state index contributed by atoms with van der Waals surface area (Å²) < 4.78 is 37.7. The molecule has 0 aliphatic rings. The first-order valence-electron chi connectivity index (χ1n) is 9.40. The van der Waals surface area contributed by atoms with Crippen molar-refractivity contribution in [1.29, 1.82) is 0 Å². The zero-order valence-corrected chi connectivity index (χ0v) is 18.8. The van der Waals surface area contributed by atoms with Gasteiger partial charge in [0.2, 0.25) is 5.88 Å². The minimum absolute atomic E-state index is 0.00718. The van der Waals surface area contributed by atoms with Crippen LogP contribution in [0, 0.1) is 0 Å². The second-order valence-electron chi connectivity index (χ2n) is 6.81. The molecule has 0 atom stereocenters. The highest BCUT2D eigenvalue weighted by molar-refractivity contribution is 7.92. The summed E-state index contributed by atoms with van der Waals surface area (Å²) in [5.74, 6) is -0.164. The summed E-state index contributed by atoms with van der Waals surface area (Å²) in [6, 6.07) is 14.2. The van der Waals surface area contributed by atoms with Crippen molar-refractivity contribution in [3.05, 3.63) is 60.2 Å². The molecule has 0 aliphatic carbocycles. The zero-order chi connectivity index (χ0) is 23.3. The lowest BCUT2D eigenvalue weighted by Crippen LogP contribution is -2.15. The lowest BCUT2D eigenvalue weighted by molar-refractivity contribution is 0.102. The minimum Gasteiger partial charge on any atom is -0.481 e. The van der Waals surface area contributed by atoms with E-state index in [1.54, 1.807) is 12.1 Å². The number of carbonyl (C=O) groups is 1. The van der Waals surface area contributed by atoms with Crippen molar-refractivity contribution in [2.45, 2.75) is 4.90 Å². The predicted molar refractivity (Wildman–Crippen MR) is 121 cm³/mol. The number of anilines is 3. The Balaban J connectivity index is 1.72. The van der Waals surface area contributed by atoms with Gasteiger partial charge < -0.3 is 19.7 Å². The lowest BCUT2D eigenvalue weighted by atomic mass is 10.2. The van der Waals surface area contributed by atoms with Crippen LogP contribution in [0.15, 0.2) is 59.5 Å². The molecular formula is C21H23N5O5S. The highest BCUT2D eigenvalue weighted by Gasteiger charge is 2.17. The quantitative estimate of drug-likeness (QED) is 0.529. The Morgan fingerprint density at radius 1 is 0.938 bits per heavy atom. The van der Waals surface area contributed by atoms with Gasteiger partial charge in [-0.15, -0.1) is 0 Å². The second-order valence-corrected chi connectivity index (χ2v) is 8.49. The summed E-state index contributed by atoms with van der Waals surface area (Å²) in [7, 11) is 2.64. The standard InChI is InChI=1S/C21H23N5O5S/c1-26(2)16-9-5-14(6-10-16)20(27)22-15-7-11-17(12-8-15)32(28,29)25-18-13-19(30-3)24-21(23-18)31-4/h5-13H,1-4H3,(H,22,27)(H,23,24,25). The fourth-order valence-electron chi connectivity index (χ4n) is 2.68. The molecule has 1 heterocycles. The molecule has 0 fully saturated rings. The first-order valence-corrected chi connectivity index (χ1v) is 10.9. The molecule has 3 rings (SSSR count). The van der Waals surface area contributed by atoms with Gasteiger partial charge in [0.05, 0.1) is 19.1 Å². The molecule has 2 N–H and O–H groups in total. The van der Waals surface area contributed by atoms with Crippen molar-refractivity contribution in [2.75, 3.05) is 43.3 Å². The summed E-state index contributed by atoms with van der Waals surface area (Å²) in [6.45, 7) is 0. The number of hydrogen-bond acceptors (Lipinski definition) is 8. The van der Waals surface area contributed by atoms with Crippen LogP contribution in [0.4, 0.5) is 17.2 Å². The lowest BCUT2D eigenvalue weighted by Gasteiger charge is -2.13. The van der Waals surface area contributed by atoms with Gasteiger partial charge in [0.15, 0.2) is 5.82 Å². The molecule has 11 heteroatoms. The molecule has 0 radical (unpaired) electrons. The molecule has 0 spiro atoms. The van der Waals surface area contributed by atoms with E-state index in [1.165, 1.54) is 44.6 Å². The van der Waals surface area contributed by atoms with Crippen molar-refractivity contribution in [1.82, 2.24) is 9.97 Å². The highest BCUT2D eigenvalue weighted by Crippen LogP contribution is 2.22. The van der Waals surface area contributed by atoms with Crippen LogP contribution in [0.2, 0.25) is 0 Å². The van der Waals surface area contributed by atoms with Gasteiger partial charge in [0.1, 0.15) is 0 Å². The number of nitrogens with one attached hydrogen (secondary N) is 2. The normalized spacial score (nSPS) is 10.9. The van der Waals surface area contributed by atoms with Gasteiger partial charge in [-0.2, -0.15) is 9.97 Å². The summed E-state index contributed by atoms with van der Waals surface area (Å²) in [5.41, 5.74) is 1.92. The molecule has 2 aromatic carbocycles. The number of methoxy groups -OCH3 is 2. The van der Waals surface area contributed by atoms with E-state index in [0.717, 1.165) is 5.69 Å². The smallest absolute Gasteiger partial charge is 0.321 e. The summed E-state index contributed by atoms with van der Waals surface area (Å²) in [6.07, 6.45) is 0. The molecule has 1 amide bonds. The molecule has 0 aliphatic heterocycles. The fourth-order valence-corrected chi connectivity index (χ4v) is 3.67. The van der Waals surface area contributed by atoms with Crippen LogP contribution < -0.4 is 24.4 Å². The van der Waals surface area contributed by atoms with Crippen LogP contribution >= 0.6 is 0 Å². The van der Waals surface area contributed by atoms with Gasteiger partial charge >= 0.3 is 6.01 Å². The molecule has 10 nitrogen and oxygen atoms in total. The van der Waals surface area contributed by atoms with Crippen LogP contribution in [-0.2, 0) is 10.0 Å². The average molecular weight is 458 g/mol. The van der Waals surface area contributed by atoms with Gasteiger partial charge in [-0.25, -0.2) is 8.42 Å². The van der Waals surface area contributed by atoms with Crippen LogP contribution in [0.25, 0.3) is 0 Å². The Kier molecular flexibility index (Phi) is 6.79. The number of hydrogen-bond donors (Lipinski definition) is 2. The van der Waals surface area contributed by atoms with E-state index in [4.69, 9.17) is 9.47 Å². The number of carbonyl (C=O) groups excluding carboxylic acids is 1. The summed E-state index contributed by atoms with van der Waals surface area (Å²) in [5, 5.41) is 2.74. The fraction of sp³-hybridized carbons (Fsp3) is 0.190. The zero-order valence-electron chi connectivity index (χ0n) is 18.0. The third-order valence-corrected chi connectivity index (χ3v) is 5.75. The first kappa shape index (κ1) is 22.8. The minimum atomic E-state index is -3.94. The molecule has 32 heavy (non-hydrogen) atoms. The second kappa shape index (κ2) is 9.52. The topological polar surface area (TPSA) is 123 Å². The molecule has 168 valence electrons. The third-order valence-electron chi connectivity index (χ3n) is 4.38. The predicted octanol–water partition coefficient (Wildman–Crippen LogP) is 2.61. The molecule has 3 aromatic rings. The molecule has 0 saturated heterocycles. The Labute approximate surface area is 186 Å². The van der Waals surface area contributed by atoms with Gasteiger partial charge in [-0.3, -0.25) is 9.52 Å². The van der Waals surface area contributed by atoms with E-state index in [0.29, 0.717) is 11.3 Å². The van der Waals surface area contributed by atoms with Crippen molar-refractivity contribution < 1.29 is 22.7 Å². The Morgan fingerprint density at radius 2 is 1.59 bits per heavy atom. The monoisotopic (exact) mass is 457 g/mol. The maximum absolute atomic E-state index is 12.7. The van der Waals surface area contributed by atoms with Gasteiger partial charge in [0.25, 0.3) is 15.9 Å². The highest BCUT2D eigenvalue weighted by atomic mass is 32.2. The van der Waals surface area contributed by atoms with E-state index < -0.39 is 10.0 Å². The van der Waals surface area contributed by atoms with E-state index in [-0.39, 0.29) is 28.5 Å². The molecule has 1 aromatic heterocycles. The van der Waals surface area contributed by atoms with Gasteiger partial charge in [-0.1, -0.05) is 0 Å². The van der Waals surface area contributed by atoms with E-state index in [9.17, 15) is 13.2 Å². The van der Waals surface area contributed by atoms with Gasteiger partial charge in [-0.05, 0) is 48.5 Å².